The molecular weight excluding hydrogens is 293 g/mol. The number of alkyl halides is 1. The maximum absolute atomic E-state index is 12.5. The number of hydrogen-bond acceptors (Lipinski definition) is 2. The van der Waals surface area contributed by atoms with Crippen LogP contribution in [0.1, 0.15) is 17.0 Å². The van der Waals surface area contributed by atoms with Gasteiger partial charge in [0.2, 0.25) is 0 Å². The number of hydrogen-bond donors (Lipinski definition) is 0. The highest BCUT2D eigenvalue weighted by molar-refractivity contribution is 5.79. The van der Waals surface area contributed by atoms with Crippen LogP contribution in [0, 0.1) is 5.92 Å². The van der Waals surface area contributed by atoms with E-state index in [4.69, 9.17) is 4.74 Å². The standard InChI is InChI=1S/C19H18FNO2/c20-9-13-10-21(11-13)19(22)23-12-18-16-7-3-1-5-14(16)15-6-2-4-8-17(15)18/h1-8,13,18H,9-12H2. The second-order valence-corrected chi connectivity index (χ2v) is 6.23. The van der Waals surface area contributed by atoms with Crippen LogP contribution < -0.4 is 0 Å². The number of fused-ring (bicyclic) bond motifs is 3. The number of likely N-dealkylation sites (tertiary alicyclic amines) is 1. The van der Waals surface area contributed by atoms with Crippen LogP contribution in [0.2, 0.25) is 0 Å². The van der Waals surface area contributed by atoms with Crippen molar-refractivity contribution in [3.63, 3.8) is 0 Å². The third-order valence-corrected chi connectivity index (χ3v) is 4.77. The predicted octanol–water partition coefficient (Wildman–Crippen LogP) is 3.84. The first kappa shape index (κ1) is 14.2. The molecule has 0 radical (unpaired) electrons. The van der Waals surface area contributed by atoms with Crippen LogP contribution >= 0.6 is 0 Å². The van der Waals surface area contributed by atoms with Gasteiger partial charge in [-0.3, -0.25) is 4.39 Å². The van der Waals surface area contributed by atoms with E-state index >= 15 is 0 Å². The summed E-state index contributed by atoms with van der Waals surface area (Å²) in [6.07, 6.45) is -0.337. The number of rotatable bonds is 3. The molecule has 0 atom stereocenters. The van der Waals surface area contributed by atoms with Gasteiger partial charge in [0.05, 0.1) is 6.67 Å². The normalized spacial score (nSPS) is 16.7. The molecule has 2 aromatic carbocycles. The smallest absolute Gasteiger partial charge is 0.409 e. The lowest BCUT2D eigenvalue weighted by atomic mass is 9.98. The summed E-state index contributed by atoms with van der Waals surface area (Å²) < 4.78 is 18.0. The second-order valence-electron chi connectivity index (χ2n) is 6.23. The Morgan fingerprint density at radius 3 is 2.17 bits per heavy atom. The van der Waals surface area contributed by atoms with Crippen LogP contribution in [0.4, 0.5) is 9.18 Å². The van der Waals surface area contributed by atoms with Gasteiger partial charge in [-0.2, -0.15) is 0 Å². The zero-order valence-electron chi connectivity index (χ0n) is 12.7. The largest absolute Gasteiger partial charge is 0.448 e. The number of nitrogens with zero attached hydrogens (tertiary/aromatic N) is 1. The van der Waals surface area contributed by atoms with E-state index in [0.717, 1.165) is 0 Å². The summed E-state index contributed by atoms with van der Waals surface area (Å²) in [5.74, 6) is 0.0556. The van der Waals surface area contributed by atoms with E-state index in [1.807, 2.05) is 24.3 Å². The summed E-state index contributed by atoms with van der Waals surface area (Å²) in [7, 11) is 0. The zero-order chi connectivity index (χ0) is 15.8. The van der Waals surface area contributed by atoms with Crippen molar-refractivity contribution in [2.75, 3.05) is 26.4 Å². The van der Waals surface area contributed by atoms with E-state index in [1.165, 1.54) is 22.3 Å². The Bertz CT molecular complexity index is 694. The molecule has 0 bridgehead atoms. The van der Waals surface area contributed by atoms with E-state index in [1.54, 1.807) is 4.90 Å². The molecular formula is C19H18FNO2. The summed E-state index contributed by atoms with van der Waals surface area (Å²) in [6.45, 7) is 0.886. The van der Waals surface area contributed by atoms with Crippen LogP contribution in [0.5, 0.6) is 0 Å². The molecule has 2 aliphatic rings. The average Bonchev–Trinajstić information content (AvgIpc) is 2.86. The molecule has 0 saturated carbocycles. The highest BCUT2D eigenvalue weighted by Gasteiger charge is 2.33. The Balaban J connectivity index is 1.50. The quantitative estimate of drug-likeness (QED) is 0.862. The average molecular weight is 311 g/mol. The minimum absolute atomic E-state index is 0.0181. The molecule has 1 aliphatic heterocycles. The van der Waals surface area contributed by atoms with Crippen molar-refractivity contribution >= 4 is 6.09 Å². The second kappa shape index (κ2) is 5.69. The highest BCUT2D eigenvalue weighted by atomic mass is 19.1. The number of carbonyl (C=O) groups is 1. The van der Waals surface area contributed by atoms with Gasteiger partial charge in [-0.25, -0.2) is 4.79 Å². The van der Waals surface area contributed by atoms with Crippen molar-refractivity contribution in [1.82, 2.24) is 4.90 Å². The SMILES string of the molecule is O=C(OCC1c2ccccc2-c2ccccc21)N1CC(CF)C1. The molecule has 3 nitrogen and oxygen atoms in total. The van der Waals surface area contributed by atoms with E-state index in [9.17, 15) is 9.18 Å². The van der Waals surface area contributed by atoms with Crippen LogP contribution in [0.15, 0.2) is 48.5 Å². The molecule has 1 saturated heterocycles. The third-order valence-electron chi connectivity index (χ3n) is 4.77. The molecule has 4 heteroatoms. The van der Waals surface area contributed by atoms with Gasteiger partial charge in [-0.1, -0.05) is 48.5 Å². The van der Waals surface area contributed by atoms with Crippen LogP contribution in [-0.2, 0) is 4.74 Å². The Morgan fingerprint density at radius 1 is 1.04 bits per heavy atom. The van der Waals surface area contributed by atoms with E-state index in [-0.39, 0.29) is 24.6 Å². The number of carbonyl (C=O) groups excluding carboxylic acids is 1. The first-order valence-electron chi connectivity index (χ1n) is 7.94. The van der Waals surface area contributed by atoms with Gasteiger partial charge in [-0.15, -0.1) is 0 Å². The van der Waals surface area contributed by atoms with E-state index < -0.39 is 0 Å². The summed E-state index contributed by atoms with van der Waals surface area (Å²) >= 11 is 0. The lowest BCUT2D eigenvalue weighted by Crippen LogP contribution is -2.51. The monoisotopic (exact) mass is 311 g/mol. The van der Waals surface area contributed by atoms with Gasteiger partial charge in [0.15, 0.2) is 0 Å². The van der Waals surface area contributed by atoms with Crippen LogP contribution in [0.3, 0.4) is 0 Å². The van der Waals surface area contributed by atoms with Crippen molar-refractivity contribution in [3.05, 3.63) is 59.7 Å². The van der Waals surface area contributed by atoms with Gasteiger partial charge >= 0.3 is 6.09 Å². The zero-order valence-corrected chi connectivity index (χ0v) is 12.7. The Morgan fingerprint density at radius 2 is 1.61 bits per heavy atom. The lowest BCUT2D eigenvalue weighted by Gasteiger charge is -2.36. The molecule has 23 heavy (non-hydrogen) atoms. The molecule has 1 heterocycles. The Kier molecular flexibility index (Phi) is 3.52. The van der Waals surface area contributed by atoms with Crippen molar-refractivity contribution in [2.45, 2.75) is 5.92 Å². The Labute approximate surface area is 134 Å². The number of halogens is 1. The first-order valence-corrected chi connectivity index (χ1v) is 7.94. The highest BCUT2D eigenvalue weighted by Crippen LogP contribution is 2.44. The summed E-state index contributed by atoms with van der Waals surface area (Å²) in [4.78, 5) is 13.6. The van der Waals surface area contributed by atoms with Gasteiger partial charge in [0.25, 0.3) is 0 Å². The number of ether oxygens (including phenoxy) is 1. The molecule has 1 aliphatic carbocycles. The van der Waals surface area contributed by atoms with Crippen molar-refractivity contribution in [1.29, 1.82) is 0 Å². The molecule has 0 spiro atoms. The topological polar surface area (TPSA) is 29.5 Å². The molecule has 118 valence electrons. The molecule has 0 aromatic heterocycles. The van der Waals surface area contributed by atoms with Gasteiger partial charge in [0, 0.05) is 24.9 Å². The number of benzene rings is 2. The van der Waals surface area contributed by atoms with Crippen molar-refractivity contribution in [2.24, 2.45) is 5.92 Å². The Hall–Kier alpha value is -2.36. The van der Waals surface area contributed by atoms with E-state index in [0.29, 0.717) is 19.7 Å². The van der Waals surface area contributed by atoms with Crippen LogP contribution in [0.25, 0.3) is 11.1 Å². The molecule has 4 rings (SSSR count). The molecule has 0 N–H and O–H groups in total. The summed E-state index contributed by atoms with van der Waals surface area (Å²) in [5.41, 5.74) is 4.83. The first-order chi connectivity index (χ1) is 11.3. The van der Waals surface area contributed by atoms with Crippen LogP contribution in [-0.4, -0.2) is 37.4 Å². The van der Waals surface area contributed by atoms with Gasteiger partial charge in [-0.05, 0) is 22.3 Å². The number of amides is 1. The molecule has 1 fully saturated rings. The summed E-state index contributed by atoms with van der Waals surface area (Å²) in [6, 6.07) is 16.5. The fraction of sp³-hybridized carbons (Fsp3) is 0.316. The minimum Gasteiger partial charge on any atom is -0.448 e. The fourth-order valence-electron chi connectivity index (χ4n) is 3.50. The van der Waals surface area contributed by atoms with Crippen molar-refractivity contribution in [3.8, 4) is 11.1 Å². The maximum atomic E-state index is 12.5. The van der Waals surface area contributed by atoms with Gasteiger partial charge in [0.1, 0.15) is 6.61 Å². The van der Waals surface area contributed by atoms with E-state index in [2.05, 4.69) is 24.3 Å². The lowest BCUT2D eigenvalue weighted by molar-refractivity contribution is 0.0450. The predicted molar refractivity (Wildman–Crippen MR) is 86.1 cm³/mol. The minimum atomic E-state index is -0.368. The maximum Gasteiger partial charge on any atom is 0.409 e. The third kappa shape index (κ3) is 2.38. The summed E-state index contributed by atoms with van der Waals surface area (Å²) in [5, 5.41) is 0. The van der Waals surface area contributed by atoms with Crippen molar-refractivity contribution < 1.29 is 13.9 Å². The molecule has 0 unspecified atom stereocenters. The molecule has 1 amide bonds. The molecule has 2 aromatic rings. The fourth-order valence-corrected chi connectivity index (χ4v) is 3.50. The van der Waals surface area contributed by atoms with Gasteiger partial charge < -0.3 is 9.64 Å².